The largest absolute Gasteiger partial charge is 0.387 e. The Morgan fingerprint density at radius 1 is 1.42 bits per heavy atom. The smallest absolute Gasteiger partial charge is 0.191 e. The second kappa shape index (κ2) is 8.43. The number of benzene rings is 1. The first kappa shape index (κ1) is 19.2. The normalized spacial score (nSPS) is 26.4. The van der Waals surface area contributed by atoms with Gasteiger partial charge in [0.15, 0.2) is 5.96 Å². The Hall–Kier alpha value is -1.54. The number of halogens is 2. The summed E-state index contributed by atoms with van der Waals surface area (Å²) in [5.74, 6) is 1.24. The number of thioether (sulfide) groups is 1. The summed E-state index contributed by atoms with van der Waals surface area (Å²) in [5.41, 5.74) is -0.693. The predicted octanol–water partition coefficient (Wildman–Crippen LogP) is 1.97. The van der Waals surface area contributed by atoms with E-state index in [1.165, 1.54) is 18.2 Å². The van der Waals surface area contributed by atoms with Gasteiger partial charge >= 0.3 is 0 Å². The van der Waals surface area contributed by atoms with Crippen LogP contribution >= 0.6 is 11.8 Å². The minimum atomic E-state index is -0.731. The number of nitrogens with zero attached hydrogens (tertiary/aromatic N) is 2. The molecule has 0 aromatic heterocycles. The van der Waals surface area contributed by atoms with E-state index >= 15 is 0 Å². The molecule has 1 aromatic carbocycles. The van der Waals surface area contributed by atoms with Crippen molar-refractivity contribution in [2.45, 2.75) is 31.4 Å². The summed E-state index contributed by atoms with van der Waals surface area (Å²) in [6.07, 6.45) is 1.52. The molecule has 26 heavy (non-hydrogen) atoms. The summed E-state index contributed by atoms with van der Waals surface area (Å²) in [6.45, 7) is 4.12. The van der Waals surface area contributed by atoms with Gasteiger partial charge < -0.3 is 20.6 Å². The van der Waals surface area contributed by atoms with Crippen molar-refractivity contribution in [3.63, 3.8) is 0 Å². The Bertz CT molecular complexity index is 632. The predicted molar refractivity (Wildman–Crippen MR) is 103 cm³/mol. The van der Waals surface area contributed by atoms with Gasteiger partial charge in [0.25, 0.3) is 0 Å². The molecule has 2 heterocycles. The lowest BCUT2D eigenvalue weighted by Crippen LogP contribution is -2.45. The van der Waals surface area contributed by atoms with E-state index in [0.717, 1.165) is 18.6 Å². The molecule has 2 atom stereocenters. The Labute approximate surface area is 157 Å². The summed E-state index contributed by atoms with van der Waals surface area (Å²) in [5, 5.41) is 17.0. The molecule has 3 N–H and O–H groups in total. The molecule has 2 aliphatic heterocycles. The zero-order chi connectivity index (χ0) is 18.6. The quantitative estimate of drug-likeness (QED) is 0.535. The number of aliphatic hydroxyl groups is 1. The molecule has 0 bridgehead atoms. The molecule has 144 valence electrons. The zero-order valence-electron chi connectivity index (χ0n) is 15.0. The summed E-state index contributed by atoms with van der Waals surface area (Å²) in [4.78, 5) is 6.26. The van der Waals surface area contributed by atoms with Gasteiger partial charge in [0.1, 0.15) is 17.3 Å². The number of guanidine groups is 1. The number of nitrogens with one attached hydrogen (secondary N) is 2. The van der Waals surface area contributed by atoms with Crippen LogP contribution < -0.4 is 15.5 Å². The van der Waals surface area contributed by atoms with Gasteiger partial charge in [-0.1, -0.05) is 6.07 Å². The molecule has 2 saturated heterocycles. The van der Waals surface area contributed by atoms with Crippen LogP contribution in [0.15, 0.2) is 23.2 Å². The zero-order valence-corrected chi connectivity index (χ0v) is 15.8. The van der Waals surface area contributed by atoms with E-state index in [-0.39, 0.29) is 11.7 Å². The Kier molecular flexibility index (Phi) is 6.24. The monoisotopic (exact) mass is 384 g/mol. The summed E-state index contributed by atoms with van der Waals surface area (Å²) < 4.78 is 28.0. The number of aliphatic imine (C=N–C) groups is 1. The molecule has 0 radical (unpaired) electrons. The standard InChI is InChI=1S/C18H26F2N4OS/c1-2-21-17(22-11-18(25)7-9-26-12-18)23-13-6-8-24(10-13)16-14(19)4-3-5-15(16)20/h3-5,13,25H,2,6-12H2,1H3,(H2,21,22,23). The molecule has 3 rings (SSSR count). The maximum Gasteiger partial charge on any atom is 0.191 e. The van der Waals surface area contributed by atoms with E-state index in [4.69, 9.17) is 0 Å². The second-order valence-corrected chi connectivity index (χ2v) is 7.97. The van der Waals surface area contributed by atoms with E-state index in [1.807, 2.05) is 6.92 Å². The Morgan fingerprint density at radius 2 is 2.19 bits per heavy atom. The third-order valence-electron chi connectivity index (χ3n) is 4.74. The molecule has 5 nitrogen and oxygen atoms in total. The van der Waals surface area contributed by atoms with Gasteiger partial charge in [0, 0.05) is 31.4 Å². The Balaban J connectivity index is 1.61. The first-order chi connectivity index (χ1) is 12.5. The molecule has 2 fully saturated rings. The van der Waals surface area contributed by atoms with Crippen LogP contribution in [0.25, 0.3) is 0 Å². The number of rotatable bonds is 5. The topological polar surface area (TPSA) is 59.9 Å². The maximum atomic E-state index is 14.0. The molecule has 0 spiro atoms. The van der Waals surface area contributed by atoms with E-state index < -0.39 is 17.2 Å². The van der Waals surface area contributed by atoms with Crippen molar-refractivity contribution in [3.05, 3.63) is 29.8 Å². The van der Waals surface area contributed by atoms with Crippen LogP contribution in [-0.4, -0.2) is 60.4 Å². The van der Waals surface area contributed by atoms with Crippen LogP contribution in [-0.2, 0) is 0 Å². The van der Waals surface area contributed by atoms with Gasteiger partial charge in [-0.2, -0.15) is 11.8 Å². The highest BCUT2D eigenvalue weighted by Crippen LogP contribution is 2.28. The van der Waals surface area contributed by atoms with Crippen molar-refractivity contribution in [1.82, 2.24) is 10.6 Å². The van der Waals surface area contributed by atoms with Gasteiger partial charge in [0.2, 0.25) is 0 Å². The fraction of sp³-hybridized carbons (Fsp3) is 0.611. The highest BCUT2D eigenvalue weighted by molar-refractivity contribution is 7.99. The third kappa shape index (κ3) is 4.59. The molecule has 0 saturated carbocycles. The lowest BCUT2D eigenvalue weighted by Gasteiger charge is -2.22. The average Bonchev–Trinajstić information content (AvgIpc) is 3.23. The lowest BCUT2D eigenvalue weighted by molar-refractivity contribution is 0.0778. The summed E-state index contributed by atoms with van der Waals surface area (Å²) in [7, 11) is 0. The third-order valence-corrected chi connectivity index (χ3v) is 5.98. The van der Waals surface area contributed by atoms with Gasteiger partial charge in [0.05, 0.1) is 12.1 Å². The van der Waals surface area contributed by atoms with Crippen LogP contribution in [0.5, 0.6) is 0 Å². The average molecular weight is 384 g/mol. The molecule has 8 heteroatoms. The Morgan fingerprint density at radius 3 is 2.85 bits per heavy atom. The summed E-state index contributed by atoms with van der Waals surface area (Å²) >= 11 is 1.74. The van der Waals surface area contributed by atoms with Crippen LogP contribution in [0, 0.1) is 11.6 Å². The van der Waals surface area contributed by atoms with Gasteiger partial charge in [-0.05, 0) is 37.7 Å². The first-order valence-electron chi connectivity index (χ1n) is 9.05. The molecule has 1 aromatic rings. The SMILES string of the molecule is CCNC(=NCC1(O)CCSC1)NC1CCN(c2c(F)cccc2F)C1. The number of anilines is 1. The van der Waals surface area contributed by atoms with E-state index in [2.05, 4.69) is 15.6 Å². The lowest BCUT2D eigenvalue weighted by atomic mass is 10.1. The molecular formula is C18H26F2N4OS. The van der Waals surface area contributed by atoms with E-state index in [1.54, 1.807) is 16.7 Å². The minimum absolute atomic E-state index is 0.0380. The van der Waals surface area contributed by atoms with E-state index in [9.17, 15) is 13.9 Å². The second-order valence-electron chi connectivity index (χ2n) is 6.87. The van der Waals surface area contributed by atoms with Crippen molar-refractivity contribution in [1.29, 1.82) is 0 Å². The first-order valence-corrected chi connectivity index (χ1v) is 10.2. The minimum Gasteiger partial charge on any atom is -0.387 e. The summed E-state index contributed by atoms with van der Waals surface area (Å²) in [6, 6.07) is 3.98. The van der Waals surface area contributed by atoms with E-state index in [0.29, 0.717) is 37.9 Å². The number of para-hydroxylation sites is 1. The number of hydrogen-bond donors (Lipinski definition) is 3. The van der Waals surface area contributed by atoms with Crippen LogP contribution in [0.4, 0.5) is 14.5 Å². The fourth-order valence-electron chi connectivity index (χ4n) is 3.33. The van der Waals surface area contributed by atoms with Gasteiger partial charge in [-0.25, -0.2) is 8.78 Å². The molecule has 2 unspecified atom stereocenters. The van der Waals surface area contributed by atoms with Crippen LogP contribution in [0.1, 0.15) is 19.8 Å². The molecule has 2 aliphatic rings. The van der Waals surface area contributed by atoms with Crippen LogP contribution in [0.2, 0.25) is 0 Å². The van der Waals surface area contributed by atoms with Crippen molar-refractivity contribution in [2.75, 3.05) is 42.6 Å². The van der Waals surface area contributed by atoms with Crippen molar-refractivity contribution >= 4 is 23.4 Å². The highest BCUT2D eigenvalue weighted by Gasteiger charge is 2.32. The highest BCUT2D eigenvalue weighted by atomic mass is 32.2. The van der Waals surface area contributed by atoms with Gasteiger partial charge in [-0.3, -0.25) is 4.99 Å². The fourth-order valence-corrected chi connectivity index (χ4v) is 4.62. The van der Waals surface area contributed by atoms with Gasteiger partial charge in [-0.15, -0.1) is 0 Å². The maximum absolute atomic E-state index is 14.0. The van der Waals surface area contributed by atoms with Crippen molar-refractivity contribution in [2.24, 2.45) is 4.99 Å². The molecular weight excluding hydrogens is 358 g/mol. The van der Waals surface area contributed by atoms with Crippen LogP contribution in [0.3, 0.4) is 0 Å². The molecule has 0 amide bonds. The van der Waals surface area contributed by atoms with Crippen molar-refractivity contribution in [3.8, 4) is 0 Å². The van der Waals surface area contributed by atoms with Crippen molar-refractivity contribution < 1.29 is 13.9 Å². The number of hydrogen-bond acceptors (Lipinski definition) is 4. The molecule has 0 aliphatic carbocycles.